The molecule has 2 aromatic rings. The molecular weight excluding hydrogens is 242 g/mol. The van der Waals surface area contributed by atoms with Gasteiger partial charge in [-0.05, 0) is 25.1 Å². The number of carbonyl (C=O) groups excluding carboxylic acids is 1. The van der Waals surface area contributed by atoms with Gasteiger partial charge >= 0.3 is 0 Å². The second-order valence-corrected chi connectivity index (χ2v) is 3.99. The van der Waals surface area contributed by atoms with Crippen molar-refractivity contribution >= 4 is 11.7 Å². The highest BCUT2D eigenvalue weighted by Gasteiger charge is 2.05. The van der Waals surface area contributed by atoms with Crippen LogP contribution < -0.4 is 10.6 Å². The van der Waals surface area contributed by atoms with E-state index < -0.39 is 0 Å². The predicted molar refractivity (Wildman–Crippen MR) is 73.0 cm³/mol. The van der Waals surface area contributed by atoms with Crippen LogP contribution in [0.3, 0.4) is 0 Å². The summed E-state index contributed by atoms with van der Waals surface area (Å²) in [5.74, 6) is 0.651. The Balaban J connectivity index is 1.82. The Morgan fingerprint density at radius 1 is 1.42 bits per heavy atom. The smallest absolute Gasteiger partial charge is 0.252 e. The first-order valence-electron chi connectivity index (χ1n) is 6.25. The van der Waals surface area contributed by atoms with E-state index in [4.69, 9.17) is 0 Å². The van der Waals surface area contributed by atoms with Gasteiger partial charge in [0.15, 0.2) is 0 Å². The van der Waals surface area contributed by atoms with Gasteiger partial charge in [-0.25, -0.2) is 4.98 Å². The molecule has 2 heterocycles. The van der Waals surface area contributed by atoms with Crippen molar-refractivity contribution in [3.63, 3.8) is 0 Å². The van der Waals surface area contributed by atoms with Crippen molar-refractivity contribution in [3.05, 3.63) is 42.4 Å². The summed E-state index contributed by atoms with van der Waals surface area (Å²) < 4.78 is 1.77. The molecule has 0 aromatic carbocycles. The summed E-state index contributed by atoms with van der Waals surface area (Å²) in [6.45, 7) is 4.00. The molecule has 6 nitrogen and oxygen atoms in total. The Bertz CT molecular complexity index is 506. The largest absolute Gasteiger partial charge is 0.370 e. The van der Waals surface area contributed by atoms with Crippen LogP contribution in [0.15, 0.2) is 36.8 Å². The van der Waals surface area contributed by atoms with Gasteiger partial charge in [0.2, 0.25) is 0 Å². The number of anilines is 1. The SMILES string of the molecule is CCNc1ccc(C(=O)NCCn2cccn2)cn1. The molecule has 1 amide bonds. The summed E-state index contributed by atoms with van der Waals surface area (Å²) >= 11 is 0. The third kappa shape index (κ3) is 3.80. The van der Waals surface area contributed by atoms with Crippen LogP contribution in [-0.4, -0.2) is 33.8 Å². The summed E-state index contributed by atoms with van der Waals surface area (Å²) in [6, 6.07) is 5.41. The lowest BCUT2D eigenvalue weighted by atomic mass is 10.2. The third-order valence-corrected chi connectivity index (χ3v) is 2.57. The Morgan fingerprint density at radius 3 is 2.95 bits per heavy atom. The van der Waals surface area contributed by atoms with Crippen molar-refractivity contribution in [2.75, 3.05) is 18.4 Å². The maximum absolute atomic E-state index is 11.8. The molecular formula is C13H17N5O. The second-order valence-electron chi connectivity index (χ2n) is 3.99. The molecule has 0 aliphatic carbocycles. The Labute approximate surface area is 111 Å². The van der Waals surface area contributed by atoms with Crippen LogP contribution in [-0.2, 0) is 6.54 Å². The molecule has 0 unspecified atom stereocenters. The highest BCUT2D eigenvalue weighted by atomic mass is 16.1. The van der Waals surface area contributed by atoms with E-state index in [0.717, 1.165) is 12.4 Å². The van der Waals surface area contributed by atoms with Crippen molar-refractivity contribution in [3.8, 4) is 0 Å². The molecule has 100 valence electrons. The van der Waals surface area contributed by atoms with E-state index in [1.165, 1.54) is 0 Å². The molecule has 0 atom stereocenters. The molecule has 0 spiro atoms. The van der Waals surface area contributed by atoms with E-state index >= 15 is 0 Å². The number of hydrogen-bond donors (Lipinski definition) is 2. The summed E-state index contributed by atoms with van der Waals surface area (Å²) in [5, 5.41) is 9.97. The van der Waals surface area contributed by atoms with Crippen molar-refractivity contribution in [2.45, 2.75) is 13.5 Å². The summed E-state index contributed by atoms with van der Waals surface area (Å²) in [4.78, 5) is 16.0. The van der Waals surface area contributed by atoms with E-state index in [9.17, 15) is 4.79 Å². The first kappa shape index (κ1) is 13.1. The van der Waals surface area contributed by atoms with Gasteiger partial charge in [-0.2, -0.15) is 5.10 Å². The van der Waals surface area contributed by atoms with Gasteiger partial charge in [-0.15, -0.1) is 0 Å². The lowest BCUT2D eigenvalue weighted by Gasteiger charge is -2.06. The van der Waals surface area contributed by atoms with Gasteiger partial charge in [0, 0.05) is 31.7 Å². The van der Waals surface area contributed by atoms with Crippen molar-refractivity contribution in [2.24, 2.45) is 0 Å². The fourth-order valence-corrected chi connectivity index (χ4v) is 1.63. The van der Waals surface area contributed by atoms with Crippen LogP contribution in [0.1, 0.15) is 17.3 Å². The molecule has 6 heteroatoms. The fraction of sp³-hybridized carbons (Fsp3) is 0.308. The molecule has 0 saturated carbocycles. The minimum absolute atomic E-state index is 0.122. The highest BCUT2D eigenvalue weighted by molar-refractivity contribution is 5.93. The molecule has 2 rings (SSSR count). The van der Waals surface area contributed by atoms with Gasteiger partial charge in [0.25, 0.3) is 5.91 Å². The second kappa shape index (κ2) is 6.53. The molecule has 0 fully saturated rings. The van der Waals surface area contributed by atoms with Gasteiger partial charge in [-0.1, -0.05) is 0 Å². The molecule has 2 aromatic heterocycles. The topological polar surface area (TPSA) is 71.8 Å². The molecule has 19 heavy (non-hydrogen) atoms. The van der Waals surface area contributed by atoms with Gasteiger partial charge < -0.3 is 10.6 Å². The third-order valence-electron chi connectivity index (χ3n) is 2.57. The summed E-state index contributed by atoms with van der Waals surface area (Å²) in [7, 11) is 0. The Morgan fingerprint density at radius 2 is 2.32 bits per heavy atom. The van der Waals surface area contributed by atoms with Gasteiger partial charge in [0.1, 0.15) is 5.82 Å². The number of hydrogen-bond acceptors (Lipinski definition) is 4. The fourth-order valence-electron chi connectivity index (χ4n) is 1.63. The van der Waals surface area contributed by atoms with Crippen LogP contribution in [0.2, 0.25) is 0 Å². The summed E-state index contributed by atoms with van der Waals surface area (Å²) in [6.07, 6.45) is 5.14. The number of carbonyl (C=O) groups is 1. The molecule has 0 aliphatic heterocycles. The number of pyridine rings is 1. The van der Waals surface area contributed by atoms with E-state index in [-0.39, 0.29) is 5.91 Å². The maximum atomic E-state index is 11.8. The van der Waals surface area contributed by atoms with Crippen LogP contribution >= 0.6 is 0 Å². The quantitative estimate of drug-likeness (QED) is 0.816. The first-order valence-corrected chi connectivity index (χ1v) is 6.25. The van der Waals surface area contributed by atoms with E-state index in [2.05, 4.69) is 20.7 Å². The van der Waals surface area contributed by atoms with Gasteiger partial charge in [0.05, 0.1) is 12.1 Å². The average Bonchev–Trinajstić information content (AvgIpc) is 2.93. The number of amides is 1. The lowest BCUT2D eigenvalue weighted by Crippen LogP contribution is -2.27. The molecule has 0 saturated heterocycles. The van der Waals surface area contributed by atoms with Crippen molar-refractivity contribution in [1.82, 2.24) is 20.1 Å². The molecule has 2 N–H and O–H groups in total. The van der Waals surface area contributed by atoms with E-state index in [0.29, 0.717) is 18.7 Å². The van der Waals surface area contributed by atoms with Crippen LogP contribution in [0.25, 0.3) is 0 Å². The highest BCUT2D eigenvalue weighted by Crippen LogP contribution is 2.04. The van der Waals surface area contributed by atoms with E-state index in [1.54, 1.807) is 29.2 Å². The molecule has 0 bridgehead atoms. The van der Waals surface area contributed by atoms with E-state index in [1.807, 2.05) is 19.2 Å². The molecule has 0 aliphatic rings. The first-order chi connectivity index (χ1) is 9.29. The number of nitrogens with one attached hydrogen (secondary N) is 2. The Hall–Kier alpha value is -2.37. The van der Waals surface area contributed by atoms with Crippen molar-refractivity contribution < 1.29 is 4.79 Å². The van der Waals surface area contributed by atoms with Crippen molar-refractivity contribution in [1.29, 1.82) is 0 Å². The Kier molecular flexibility index (Phi) is 4.49. The minimum atomic E-state index is -0.122. The van der Waals surface area contributed by atoms with Crippen LogP contribution in [0, 0.1) is 0 Å². The van der Waals surface area contributed by atoms with Gasteiger partial charge in [-0.3, -0.25) is 9.48 Å². The lowest BCUT2D eigenvalue weighted by molar-refractivity contribution is 0.0951. The number of nitrogens with zero attached hydrogens (tertiary/aromatic N) is 3. The standard InChI is InChI=1S/C13H17N5O/c1-2-14-12-5-4-11(10-16-12)13(19)15-7-9-18-8-3-6-17-18/h3-6,8,10H,2,7,9H2,1H3,(H,14,16)(H,15,19). The number of aromatic nitrogens is 3. The zero-order valence-electron chi connectivity index (χ0n) is 10.8. The van der Waals surface area contributed by atoms with Crippen LogP contribution in [0.5, 0.6) is 0 Å². The maximum Gasteiger partial charge on any atom is 0.252 e. The normalized spacial score (nSPS) is 10.2. The summed E-state index contributed by atoms with van der Waals surface area (Å²) in [5.41, 5.74) is 0.558. The predicted octanol–water partition coefficient (Wildman–Crippen LogP) is 1.14. The zero-order valence-corrected chi connectivity index (χ0v) is 10.8. The minimum Gasteiger partial charge on any atom is -0.370 e. The average molecular weight is 259 g/mol. The van der Waals surface area contributed by atoms with Crippen LogP contribution in [0.4, 0.5) is 5.82 Å². The zero-order chi connectivity index (χ0) is 13.5. The monoisotopic (exact) mass is 259 g/mol. The number of rotatable bonds is 6. The molecule has 0 radical (unpaired) electrons.